The first-order valence-corrected chi connectivity index (χ1v) is 13.4. The molecule has 198 valence electrons. The van der Waals surface area contributed by atoms with Gasteiger partial charge in [-0.1, -0.05) is 76.3 Å². The first-order chi connectivity index (χ1) is 17.0. The van der Waals surface area contributed by atoms with Gasteiger partial charge < -0.3 is 14.5 Å². The van der Waals surface area contributed by atoms with Gasteiger partial charge in [-0.05, 0) is 25.7 Å². The molecule has 0 aliphatic carbocycles. The summed E-state index contributed by atoms with van der Waals surface area (Å²) in [5.41, 5.74) is 1.05. The Hall–Kier alpha value is -2.42. The largest absolute Gasteiger partial charge is 0.411 e. The molecule has 0 fully saturated rings. The van der Waals surface area contributed by atoms with Crippen LogP contribution in [0.15, 0.2) is 21.1 Å². The highest BCUT2D eigenvalue weighted by Crippen LogP contribution is 2.11. The minimum atomic E-state index is -0.307. The maximum atomic E-state index is 12.7. The third kappa shape index (κ3) is 9.28. The molecular weight excluding hydrogens is 446 g/mol. The van der Waals surface area contributed by atoms with Crippen LogP contribution in [0.3, 0.4) is 0 Å². The predicted molar refractivity (Wildman–Crippen MR) is 141 cm³/mol. The van der Waals surface area contributed by atoms with Crippen molar-refractivity contribution in [2.75, 3.05) is 13.2 Å². The summed E-state index contributed by atoms with van der Waals surface area (Å²) in [5, 5.41) is 12.6. The Kier molecular flexibility index (Phi) is 13.4. The van der Waals surface area contributed by atoms with Crippen molar-refractivity contribution in [3.05, 3.63) is 27.2 Å². The second-order valence-electron chi connectivity index (χ2n) is 9.54. The van der Waals surface area contributed by atoms with Crippen molar-refractivity contribution in [2.45, 2.75) is 103 Å². The molecule has 0 amide bonds. The second kappa shape index (κ2) is 16.3. The molecule has 0 aliphatic heterocycles. The zero-order valence-corrected chi connectivity index (χ0v) is 22.0. The minimum Gasteiger partial charge on any atom is -0.411 e. The molecule has 0 saturated heterocycles. The number of aromatic nitrogens is 4. The van der Waals surface area contributed by atoms with Gasteiger partial charge in [-0.25, -0.2) is 9.78 Å². The quantitative estimate of drug-likeness (QED) is 0.132. The first kappa shape index (κ1) is 28.8. The number of oxime groups is 1. The molecule has 0 unspecified atom stereocenters. The highest BCUT2D eigenvalue weighted by molar-refractivity contribution is 5.85. The molecule has 1 N–H and O–H groups in total. The van der Waals surface area contributed by atoms with Crippen molar-refractivity contribution >= 4 is 16.9 Å². The van der Waals surface area contributed by atoms with Crippen molar-refractivity contribution in [1.29, 1.82) is 0 Å². The Morgan fingerprint density at radius 2 is 1.57 bits per heavy atom. The number of unbranched alkanes of at least 4 members (excludes halogenated alkanes) is 11. The summed E-state index contributed by atoms with van der Waals surface area (Å²) in [5.74, 6) is 0. The van der Waals surface area contributed by atoms with E-state index in [1.165, 1.54) is 41.2 Å². The monoisotopic (exact) mass is 491 g/mol. The lowest BCUT2D eigenvalue weighted by Gasteiger charge is -2.09. The SMILES string of the molecule is CCCCCCCCOC/C(CCCCCCCCCn1c(=O)c2c(ncn2C)n(C)c1=O)=N/O. The Morgan fingerprint density at radius 1 is 0.943 bits per heavy atom. The summed E-state index contributed by atoms with van der Waals surface area (Å²) in [6.07, 6.45) is 17.0. The van der Waals surface area contributed by atoms with E-state index in [2.05, 4.69) is 17.1 Å². The van der Waals surface area contributed by atoms with Crippen LogP contribution in [0.2, 0.25) is 0 Å². The lowest BCUT2D eigenvalue weighted by Crippen LogP contribution is -2.39. The van der Waals surface area contributed by atoms with Crippen LogP contribution in [-0.4, -0.2) is 42.8 Å². The number of fused-ring (bicyclic) bond motifs is 1. The summed E-state index contributed by atoms with van der Waals surface area (Å²) in [6.45, 7) is 3.82. The normalized spacial score (nSPS) is 12.1. The fourth-order valence-corrected chi connectivity index (χ4v) is 4.40. The summed E-state index contributed by atoms with van der Waals surface area (Å²) in [6, 6.07) is 0. The lowest BCUT2D eigenvalue weighted by atomic mass is 10.1. The average molecular weight is 492 g/mol. The fraction of sp³-hybridized carbons (Fsp3) is 0.769. The van der Waals surface area contributed by atoms with Gasteiger partial charge in [-0.15, -0.1) is 0 Å². The molecule has 0 bridgehead atoms. The summed E-state index contributed by atoms with van der Waals surface area (Å²) in [7, 11) is 3.42. The molecule has 2 aromatic rings. The lowest BCUT2D eigenvalue weighted by molar-refractivity contribution is 0.161. The Labute approximate surface area is 208 Å². The zero-order valence-electron chi connectivity index (χ0n) is 22.0. The number of aryl methyl sites for hydroxylation is 2. The van der Waals surface area contributed by atoms with E-state index in [0.717, 1.165) is 70.1 Å². The molecule has 35 heavy (non-hydrogen) atoms. The van der Waals surface area contributed by atoms with Gasteiger partial charge in [-0.3, -0.25) is 13.9 Å². The van der Waals surface area contributed by atoms with E-state index in [4.69, 9.17) is 4.74 Å². The standard InChI is InChI=1S/C26H45N5O4/c1-4-5-6-7-13-16-19-35-20-22(28-34)17-14-11-9-8-10-12-15-18-31-25(32)23-24(27-21-29(23)2)30(3)26(31)33/h21,34H,4-20H2,1-3H3/b28-22+. The topological polar surface area (TPSA) is 104 Å². The number of rotatable bonds is 19. The van der Waals surface area contributed by atoms with Gasteiger partial charge in [-0.2, -0.15) is 0 Å². The van der Waals surface area contributed by atoms with Crippen molar-refractivity contribution in [3.8, 4) is 0 Å². The predicted octanol–water partition coefficient (Wildman–Crippen LogP) is 4.76. The summed E-state index contributed by atoms with van der Waals surface area (Å²) < 4.78 is 10.1. The van der Waals surface area contributed by atoms with Crippen LogP contribution in [0.4, 0.5) is 0 Å². The van der Waals surface area contributed by atoms with Crippen LogP contribution < -0.4 is 11.2 Å². The molecule has 2 heterocycles. The maximum absolute atomic E-state index is 12.7. The number of nitrogens with zero attached hydrogens (tertiary/aromatic N) is 5. The molecule has 2 rings (SSSR count). The average Bonchev–Trinajstić information content (AvgIpc) is 3.25. The molecule has 0 spiro atoms. The third-order valence-electron chi connectivity index (χ3n) is 6.60. The van der Waals surface area contributed by atoms with Crippen LogP contribution in [0.5, 0.6) is 0 Å². The smallest absolute Gasteiger partial charge is 0.332 e. The van der Waals surface area contributed by atoms with E-state index < -0.39 is 0 Å². The van der Waals surface area contributed by atoms with Crippen molar-refractivity contribution in [1.82, 2.24) is 18.7 Å². The number of imidazole rings is 1. The second-order valence-corrected chi connectivity index (χ2v) is 9.54. The number of ether oxygens (including phenoxy) is 1. The van der Waals surface area contributed by atoms with Gasteiger partial charge in [0.05, 0.1) is 18.6 Å². The fourth-order valence-electron chi connectivity index (χ4n) is 4.40. The molecule has 9 heteroatoms. The Balaban J connectivity index is 1.54. The maximum Gasteiger partial charge on any atom is 0.332 e. The van der Waals surface area contributed by atoms with Crippen LogP contribution in [-0.2, 0) is 25.4 Å². The summed E-state index contributed by atoms with van der Waals surface area (Å²) in [4.78, 5) is 29.4. The molecule has 0 atom stereocenters. The number of hydrogen-bond donors (Lipinski definition) is 1. The van der Waals surface area contributed by atoms with E-state index in [0.29, 0.717) is 24.3 Å². The highest BCUT2D eigenvalue weighted by Gasteiger charge is 2.14. The van der Waals surface area contributed by atoms with Gasteiger partial charge in [0, 0.05) is 27.2 Å². The van der Waals surface area contributed by atoms with Crippen LogP contribution in [0, 0.1) is 0 Å². The van der Waals surface area contributed by atoms with Crippen molar-refractivity contribution in [3.63, 3.8) is 0 Å². The molecule has 0 radical (unpaired) electrons. The Morgan fingerprint density at radius 3 is 2.26 bits per heavy atom. The Bertz CT molecular complexity index is 1020. The van der Waals surface area contributed by atoms with Crippen LogP contribution in [0.25, 0.3) is 11.2 Å². The summed E-state index contributed by atoms with van der Waals surface area (Å²) >= 11 is 0. The highest BCUT2D eigenvalue weighted by atomic mass is 16.5. The van der Waals surface area contributed by atoms with E-state index in [1.807, 2.05) is 0 Å². The molecule has 9 nitrogen and oxygen atoms in total. The molecule has 0 aliphatic rings. The zero-order chi connectivity index (χ0) is 25.5. The van der Waals surface area contributed by atoms with Crippen molar-refractivity contribution in [2.24, 2.45) is 19.3 Å². The van der Waals surface area contributed by atoms with E-state index in [1.54, 1.807) is 25.0 Å². The van der Waals surface area contributed by atoms with E-state index in [-0.39, 0.29) is 11.2 Å². The van der Waals surface area contributed by atoms with Gasteiger partial charge >= 0.3 is 5.69 Å². The first-order valence-electron chi connectivity index (χ1n) is 13.4. The minimum absolute atomic E-state index is 0.264. The van der Waals surface area contributed by atoms with Crippen molar-refractivity contribution < 1.29 is 9.94 Å². The van der Waals surface area contributed by atoms with Crippen LogP contribution in [0.1, 0.15) is 96.8 Å². The van der Waals surface area contributed by atoms with Gasteiger partial charge in [0.1, 0.15) is 0 Å². The van der Waals surface area contributed by atoms with Gasteiger partial charge in [0.2, 0.25) is 0 Å². The molecule has 0 saturated carbocycles. The van der Waals surface area contributed by atoms with E-state index in [9.17, 15) is 14.8 Å². The number of hydrogen-bond acceptors (Lipinski definition) is 6. The van der Waals surface area contributed by atoms with Gasteiger partial charge in [0.25, 0.3) is 5.56 Å². The molecule has 2 aromatic heterocycles. The molecule has 0 aromatic carbocycles. The molecular formula is C26H45N5O4. The third-order valence-corrected chi connectivity index (χ3v) is 6.60. The van der Waals surface area contributed by atoms with Gasteiger partial charge in [0.15, 0.2) is 11.2 Å². The van der Waals surface area contributed by atoms with Crippen LogP contribution >= 0.6 is 0 Å². The van der Waals surface area contributed by atoms with E-state index >= 15 is 0 Å².